The normalized spacial score (nSPS) is 10.8. The molecule has 7 nitrogen and oxygen atoms in total. The van der Waals surface area contributed by atoms with Crippen molar-refractivity contribution in [1.29, 1.82) is 0 Å². The van der Waals surface area contributed by atoms with E-state index in [0.717, 1.165) is 14.7 Å². The molecule has 0 bridgehead atoms. The van der Waals surface area contributed by atoms with Gasteiger partial charge in [0.05, 0.1) is 11.6 Å². The lowest BCUT2D eigenvalue weighted by atomic mass is 10.3. The molecule has 0 radical (unpaired) electrons. The van der Waals surface area contributed by atoms with Crippen LogP contribution in [0.5, 0.6) is 5.75 Å². The number of rotatable bonds is 4. The first kappa shape index (κ1) is 14.0. The van der Waals surface area contributed by atoms with Gasteiger partial charge < -0.3 is 10.2 Å². The SMILES string of the molecule is Cn1ncc2c(NN)nc(COc3cccc(I)c3)nc21. The Morgan fingerprint density at radius 2 is 2.24 bits per heavy atom. The van der Waals surface area contributed by atoms with Gasteiger partial charge in [-0.25, -0.2) is 15.8 Å². The van der Waals surface area contributed by atoms with Crippen LogP contribution in [0.3, 0.4) is 0 Å². The van der Waals surface area contributed by atoms with E-state index in [-0.39, 0.29) is 6.61 Å². The van der Waals surface area contributed by atoms with E-state index in [9.17, 15) is 0 Å². The highest BCUT2D eigenvalue weighted by molar-refractivity contribution is 14.1. The maximum absolute atomic E-state index is 5.71. The zero-order valence-electron chi connectivity index (χ0n) is 11.2. The third-order valence-electron chi connectivity index (χ3n) is 2.94. The molecule has 21 heavy (non-hydrogen) atoms. The van der Waals surface area contributed by atoms with Crippen LogP contribution in [0, 0.1) is 3.57 Å². The van der Waals surface area contributed by atoms with Gasteiger partial charge in [-0.05, 0) is 40.8 Å². The van der Waals surface area contributed by atoms with E-state index in [1.807, 2.05) is 31.3 Å². The number of nitrogens with zero attached hydrogens (tertiary/aromatic N) is 4. The van der Waals surface area contributed by atoms with Crippen molar-refractivity contribution in [3.05, 3.63) is 39.9 Å². The average molecular weight is 396 g/mol. The number of nitrogens with one attached hydrogen (secondary N) is 1. The Labute approximate surface area is 134 Å². The Bertz CT molecular complexity index is 787. The predicted molar refractivity (Wildman–Crippen MR) is 87.6 cm³/mol. The van der Waals surface area contributed by atoms with Crippen molar-refractivity contribution in [2.45, 2.75) is 6.61 Å². The fourth-order valence-electron chi connectivity index (χ4n) is 1.95. The summed E-state index contributed by atoms with van der Waals surface area (Å²) < 4.78 is 8.49. The van der Waals surface area contributed by atoms with Crippen LogP contribution >= 0.6 is 22.6 Å². The van der Waals surface area contributed by atoms with Gasteiger partial charge in [-0.1, -0.05) is 6.07 Å². The summed E-state index contributed by atoms with van der Waals surface area (Å²) in [5.41, 5.74) is 3.28. The largest absolute Gasteiger partial charge is 0.486 e. The Balaban J connectivity index is 1.88. The molecule has 3 N–H and O–H groups in total. The minimum atomic E-state index is 0.260. The summed E-state index contributed by atoms with van der Waals surface area (Å²) in [5.74, 6) is 7.35. The van der Waals surface area contributed by atoms with Crippen molar-refractivity contribution in [2.75, 3.05) is 5.43 Å². The molecule has 0 amide bonds. The Kier molecular flexibility index (Phi) is 3.88. The third kappa shape index (κ3) is 2.90. The van der Waals surface area contributed by atoms with Gasteiger partial charge in [0.2, 0.25) is 0 Å². The number of anilines is 1. The number of fused-ring (bicyclic) bond motifs is 1. The second-order valence-electron chi connectivity index (χ2n) is 4.38. The Morgan fingerprint density at radius 3 is 3.00 bits per heavy atom. The predicted octanol–water partition coefficient (Wildman–Crippen LogP) is 1.83. The van der Waals surface area contributed by atoms with E-state index in [0.29, 0.717) is 17.3 Å². The molecule has 0 atom stereocenters. The lowest BCUT2D eigenvalue weighted by Gasteiger charge is -2.08. The first-order valence-electron chi connectivity index (χ1n) is 6.21. The van der Waals surface area contributed by atoms with Crippen LogP contribution in [0.15, 0.2) is 30.5 Å². The number of aromatic nitrogens is 4. The van der Waals surface area contributed by atoms with Crippen molar-refractivity contribution in [2.24, 2.45) is 12.9 Å². The van der Waals surface area contributed by atoms with E-state index in [1.165, 1.54) is 0 Å². The van der Waals surface area contributed by atoms with Crippen molar-refractivity contribution >= 4 is 39.4 Å². The summed E-state index contributed by atoms with van der Waals surface area (Å²) in [5, 5.41) is 4.93. The number of hydrogen-bond acceptors (Lipinski definition) is 6. The minimum Gasteiger partial charge on any atom is -0.486 e. The molecule has 3 aromatic rings. The summed E-state index contributed by atoms with van der Waals surface area (Å²) in [6, 6.07) is 7.79. The number of aryl methyl sites for hydroxylation is 1. The van der Waals surface area contributed by atoms with E-state index in [1.54, 1.807) is 10.9 Å². The standard InChI is InChI=1S/C13H13IN6O/c1-20-13-10(6-16-20)12(19-15)17-11(18-13)7-21-9-4-2-3-8(14)5-9/h2-6H,7,15H2,1H3,(H,17,18,19). The van der Waals surface area contributed by atoms with Gasteiger partial charge in [0.15, 0.2) is 17.3 Å². The fourth-order valence-corrected chi connectivity index (χ4v) is 2.46. The molecule has 108 valence electrons. The molecule has 0 saturated heterocycles. The van der Waals surface area contributed by atoms with Crippen LogP contribution in [0.25, 0.3) is 11.0 Å². The number of nitrogens with two attached hydrogens (primary N) is 1. The Hall–Kier alpha value is -1.94. The van der Waals surface area contributed by atoms with Crippen molar-refractivity contribution < 1.29 is 4.74 Å². The van der Waals surface area contributed by atoms with Crippen LogP contribution in [-0.2, 0) is 13.7 Å². The van der Waals surface area contributed by atoms with Gasteiger partial charge >= 0.3 is 0 Å². The molecule has 3 rings (SSSR count). The van der Waals surface area contributed by atoms with Crippen LogP contribution in [0.1, 0.15) is 5.82 Å². The molecule has 1 aromatic carbocycles. The first-order chi connectivity index (χ1) is 10.2. The molecular formula is C13H13IN6O. The van der Waals surface area contributed by atoms with Gasteiger partial charge in [0.25, 0.3) is 0 Å². The van der Waals surface area contributed by atoms with Crippen LogP contribution < -0.4 is 16.0 Å². The molecule has 2 heterocycles. The van der Waals surface area contributed by atoms with Gasteiger partial charge in [0, 0.05) is 10.6 Å². The van der Waals surface area contributed by atoms with Crippen LogP contribution in [-0.4, -0.2) is 19.7 Å². The minimum absolute atomic E-state index is 0.260. The lowest BCUT2D eigenvalue weighted by Crippen LogP contribution is -2.12. The quantitative estimate of drug-likeness (QED) is 0.397. The zero-order valence-corrected chi connectivity index (χ0v) is 13.4. The number of hydrazine groups is 1. The molecule has 0 aliphatic carbocycles. The number of ether oxygens (including phenoxy) is 1. The highest BCUT2D eigenvalue weighted by Crippen LogP contribution is 2.20. The summed E-state index contributed by atoms with van der Waals surface area (Å²) in [7, 11) is 1.82. The average Bonchev–Trinajstić information content (AvgIpc) is 2.86. The number of hydrogen-bond donors (Lipinski definition) is 2. The maximum atomic E-state index is 5.71. The second kappa shape index (κ2) is 5.82. The summed E-state index contributed by atoms with van der Waals surface area (Å²) in [6.07, 6.45) is 1.68. The molecular weight excluding hydrogens is 383 g/mol. The van der Waals surface area contributed by atoms with Gasteiger partial charge in [-0.15, -0.1) is 0 Å². The van der Waals surface area contributed by atoms with Crippen LogP contribution in [0.2, 0.25) is 0 Å². The van der Waals surface area contributed by atoms with Gasteiger partial charge in [0.1, 0.15) is 12.4 Å². The summed E-state index contributed by atoms with van der Waals surface area (Å²) >= 11 is 2.24. The highest BCUT2D eigenvalue weighted by Gasteiger charge is 2.11. The summed E-state index contributed by atoms with van der Waals surface area (Å²) in [4.78, 5) is 8.79. The Morgan fingerprint density at radius 1 is 1.38 bits per heavy atom. The van der Waals surface area contributed by atoms with Crippen molar-refractivity contribution in [3.63, 3.8) is 0 Å². The lowest BCUT2D eigenvalue weighted by molar-refractivity contribution is 0.296. The first-order valence-corrected chi connectivity index (χ1v) is 7.29. The molecule has 0 spiro atoms. The summed E-state index contributed by atoms with van der Waals surface area (Å²) in [6.45, 7) is 0.260. The van der Waals surface area contributed by atoms with Crippen molar-refractivity contribution in [1.82, 2.24) is 19.7 Å². The number of halogens is 1. The van der Waals surface area contributed by atoms with Gasteiger partial charge in [-0.3, -0.25) is 4.68 Å². The molecule has 0 fully saturated rings. The van der Waals surface area contributed by atoms with E-state index < -0.39 is 0 Å². The second-order valence-corrected chi connectivity index (χ2v) is 5.63. The van der Waals surface area contributed by atoms with E-state index in [4.69, 9.17) is 10.6 Å². The monoisotopic (exact) mass is 396 g/mol. The maximum Gasteiger partial charge on any atom is 0.170 e. The third-order valence-corrected chi connectivity index (χ3v) is 3.61. The topological polar surface area (TPSA) is 90.9 Å². The molecule has 0 aliphatic heterocycles. The highest BCUT2D eigenvalue weighted by atomic mass is 127. The number of nitrogen functional groups attached to an aromatic ring is 1. The van der Waals surface area contributed by atoms with Crippen molar-refractivity contribution in [3.8, 4) is 5.75 Å². The van der Waals surface area contributed by atoms with E-state index in [2.05, 4.69) is 43.1 Å². The molecule has 8 heteroatoms. The van der Waals surface area contributed by atoms with Crippen LogP contribution in [0.4, 0.5) is 5.82 Å². The zero-order chi connectivity index (χ0) is 14.8. The molecule has 0 aliphatic rings. The van der Waals surface area contributed by atoms with E-state index >= 15 is 0 Å². The molecule has 2 aromatic heterocycles. The van der Waals surface area contributed by atoms with Gasteiger partial charge in [-0.2, -0.15) is 5.10 Å². The number of benzene rings is 1. The fraction of sp³-hybridized carbons (Fsp3) is 0.154. The smallest absolute Gasteiger partial charge is 0.170 e. The molecule has 0 unspecified atom stereocenters. The molecule has 0 saturated carbocycles.